The van der Waals surface area contributed by atoms with Gasteiger partial charge in [0.15, 0.2) is 0 Å². The zero-order valence-corrected chi connectivity index (χ0v) is 8.28. The maximum Gasteiger partial charge on any atom is 0.0929 e. The normalized spacial score (nSPS) is 10.1. The Balaban J connectivity index is 2.51. The van der Waals surface area contributed by atoms with Crippen LogP contribution in [0.25, 0.3) is 11.3 Å². The van der Waals surface area contributed by atoms with Crippen LogP contribution in [0.1, 0.15) is 5.69 Å². The van der Waals surface area contributed by atoms with E-state index in [-0.39, 0.29) is 0 Å². The highest BCUT2D eigenvalue weighted by Gasteiger charge is 2.04. The van der Waals surface area contributed by atoms with Gasteiger partial charge < -0.3 is 0 Å². The van der Waals surface area contributed by atoms with Crippen molar-refractivity contribution >= 4 is 11.6 Å². The van der Waals surface area contributed by atoms with Crippen molar-refractivity contribution in [3.05, 3.63) is 48.4 Å². The zero-order chi connectivity index (χ0) is 9.80. The molecule has 3 heteroatoms. The van der Waals surface area contributed by atoms with Gasteiger partial charge in [0.05, 0.1) is 17.3 Å². The molecule has 2 aromatic rings. The lowest BCUT2D eigenvalue weighted by atomic mass is 10.1. The molecule has 0 fully saturated rings. The molecule has 0 saturated heterocycles. The Hall–Kier alpha value is -1.41. The lowest BCUT2D eigenvalue weighted by Crippen LogP contribution is -1.93. The van der Waals surface area contributed by atoms with Gasteiger partial charge in [0.1, 0.15) is 0 Å². The highest BCUT2D eigenvalue weighted by molar-refractivity contribution is 6.17. The van der Waals surface area contributed by atoms with Gasteiger partial charge in [-0.1, -0.05) is 30.3 Å². The highest BCUT2D eigenvalue weighted by atomic mass is 35.5. The SMILES string of the molecule is ClCc1nccnc1-c1ccccc1. The van der Waals surface area contributed by atoms with Crippen molar-refractivity contribution in [1.82, 2.24) is 9.97 Å². The third kappa shape index (κ3) is 1.75. The minimum atomic E-state index is 0.387. The molecule has 1 heterocycles. The molecular formula is C11H9ClN2. The molecule has 0 amide bonds. The van der Waals surface area contributed by atoms with E-state index in [1.807, 2.05) is 30.3 Å². The fourth-order valence-electron chi connectivity index (χ4n) is 1.30. The second kappa shape index (κ2) is 4.20. The van der Waals surface area contributed by atoms with Gasteiger partial charge in [-0.25, -0.2) is 0 Å². The van der Waals surface area contributed by atoms with E-state index in [0.717, 1.165) is 17.0 Å². The first-order valence-corrected chi connectivity index (χ1v) is 4.86. The minimum Gasteiger partial charge on any atom is -0.256 e. The van der Waals surface area contributed by atoms with Gasteiger partial charge in [0.25, 0.3) is 0 Å². The molecule has 1 aromatic carbocycles. The first-order valence-electron chi connectivity index (χ1n) is 4.33. The van der Waals surface area contributed by atoms with Crippen molar-refractivity contribution < 1.29 is 0 Å². The van der Waals surface area contributed by atoms with Crippen LogP contribution in [0.15, 0.2) is 42.7 Å². The Morgan fingerprint density at radius 3 is 2.43 bits per heavy atom. The summed E-state index contributed by atoms with van der Waals surface area (Å²) >= 11 is 5.78. The molecule has 0 radical (unpaired) electrons. The van der Waals surface area contributed by atoms with E-state index < -0.39 is 0 Å². The van der Waals surface area contributed by atoms with Crippen molar-refractivity contribution in [2.45, 2.75) is 5.88 Å². The van der Waals surface area contributed by atoms with E-state index in [1.165, 1.54) is 0 Å². The first-order chi connectivity index (χ1) is 6.92. The minimum absolute atomic E-state index is 0.387. The maximum absolute atomic E-state index is 5.78. The quantitative estimate of drug-likeness (QED) is 0.703. The summed E-state index contributed by atoms with van der Waals surface area (Å²) in [7, 11) is 0. The van der Waals surface area contributed by atoms with Gasteiger partial charge >= 0.3 is 0 Å². The largest absolute Gasteiger partial charge is 0.256 e. The molecule has 0 aliphatic rings. The van der Waals surface area contributed by atoms with Crippen molar-refractivity contribution in [3.63, 3.8) is 0 Å². The Labute approximate surface area is 87.6 Å². The van der Waals surface area contributed by atoms with Crippen LogP contribution in [0.5, 0.6) is 0 Å². The van der Waals surface area contributed by atoms with Crippen molar-refractivity contribution in [2.75, 3.05) is 0 Å². The van der Waals surface area contributed by atoms with E-state index in [4.69, 9.17) is 11.6 Å². The predicted molar refractivity (Wildman–Crippen MR) is 57.0 cm³/mol. The zero-order valence-electron chi connectivity index (χ0n) is 7.52. The van der Waals surface area contributed by atoms with E-state index >= 15 is 0 Å². The molecular weight excluding hydrogens is 196 g/mol. The Kier molecular flexibility index (Phi) is 2.75. The van der Waals surface area contributed by atoms with Crippen LogP contribution in [-0.2, 0) is 5.88 Å². The fraction of sp³-hybridized carbons (Fsp3) is 0.0909. The Morgan fingerprint density at radius 2 is 1.71 bits per heavy atom. The van der Waals surface area contributed by atoms with Crippen molar-refractivity contribution in [3.8, 4) is 11.3 Å². The first kappa shape index (κ1) is 9.16. The smallest absolute Gasteiger partial charge is 0.0929 e. The standard InChI is InChI=1S/C11H9ClN2/c12-8-10-11(14-7-6-13-10)9-4-2-1-3-5-9/h1-7H,8H2. The second-order valence-corrected chi connectivity index (χ2v) is 3.12. The monoisotopic (exact) mass is 204 g/mol. The summed E-state index contributed by atoms with van der Waals surface area (Å²) in [5.74, 6) is 0.387. The lowest BCUT2D eigenvalue weighted by Gasteiger charge is -2.03. The summed E-state index contributed by atoms with van der Waals surface area (Å²) in [4.78, 5) is 8.45. The number of alkyl halides is 1. The molecule has 0 unspecified atom stereocenters. The topological polar surface area (TPSA) is 25.8 Å². The number of benzene rings is 1. The molecule has 70 valence electrons. The van der Waals surface area contributed by atoms with Gasteiger partial charge in [0.2, 0.25) is 0 Å². The van der Waals surface area contributed by atoms with E-state index in [2.05, 4.69) is 9.97 Å². The third-order valence-electron chi connectivity index (χ3n) is 1.95. The number of rotatable bonds is 2. The van der Waals surface area contributed by atoms with Crippen LogP contribution in [0, 0.1) is 0 Å². The summed E-state index contributed by atoms with van der Waals surface area (Å²) in [5, 5.41) is 0. The third-order valence-corrected chi connectivity index (χ3v) is 2.20. The molecule has 0 spiro atoms. The second-order valence-electron chi connectivity index (χ2n) is 2.85. The number of hydrogen-bond donors (Lipinski definition) is 0. The molecule has 0 N–H and O–H groups in total. The van der Waals surface area contributed by atoms with Gasteiger partial charge in [0, 0.05) is 18.0 Å². The fourth-order valence-corrected chi connectivity index (χ4v) is 1.50. The van der Waals surface area contributed by atoms with Crippen LogP contribution < -0.4 is 0 Å². The maximum atomic E-state index is 5.78. The Morgan fingerprint density at radius 1 is 1.00 bits per heavy atom. The molecule has 0 atom stereocenters. The summed E-state index contributed by atoms with van der Waals surface area (Å²) in [6.07, 6.45) is 3.34. The molecule has 2 nitrogen and oxygen atoms in total. The molecule has 0 aliphatic carbocycles. The van der Waals surface area contributed by atoms with Gasteiger partial charge in [-0.2, -0.15) is 0 Å². The molecule has 1 aromatic heterocycles. The number of aromatic nitrogens is 2. The van der Waals surface area contributed by atoms with Gasteiger partial charge in [-0.05, 0) is 0 Å². The predicted octanol–water partition coefficient (Wildman–Crippen LogP) is 2.88. The summed E-state index contributed by atoms with van der Waals surface area (Å²) in [5.41, 5.74) is 2.74. The van der Waals surface area contributed by atoms with E-state index in [0.29, 0.717) is 5.88 Å². The van der Waals surface area contributed by atoms with Crippen LogP contribution >= 0.6 is 11.6 Å². The van der Waals surface area contributed by atoms with Crippen LogP contribution in [0.4, 0.5) is 0 Å². The van der Waals surface area contributed by atoms with Crippen LogP contribution in [-0.4, -0.2) is 9.97 Å². The van der Waals surface area contributed by atoms with E-state index in [9.17, 15) is 0 Å². The van der Waals surface area contributed by atoms with Gasteiger partial charge in [-0.15, -0.1) is 11.6 Å². The summed E-state index contributed by atoms with van der Waals surface area (Å²) in [6, 6.07) is 9.92. The number of nitrogens with zero attached hydrogens (tertiary/aromatic N) is 2. The van der Waals surface area contributed by atoms with Crippen molar-refractivity contribution in [2.24, 2.45) is 0 Å². The molecule has 14 heavy (non-hydrogen) atoms. The van der Waals surface area contributed by atoms with Gasteiger partial charge in [-0.3, -0.25) is 9.97 Å². The lowest BCUT2D eigenvalue weighted by molar-refractivity contribution is 1.10. The van der Waals surface area contributed by atoms with Crippen LogP contribution in [0.2, 0.25) is 0 Å². The number of hydrogen-bond acceptors (Lipinski definition) is 2. The molecule has 0 saturated carbocycles. The molecule has 2 rings (SSSR count). The average molecular weight is 205 g/mol. The highest BCUT2D eigenvalue weighted by Crippen LogP contribution is 2.19. The summed E-state index contributed by atoms with van der Waals surface area (Å²) < 4.78 is 0. The van der Waals surface area contributed by atoms with E-state index in [1.54, 1.807) is 12.4 Å². The number of halogens is 1. The molecule has 0 bridgehead atoms. The summed E-state index contributed by atoms with van der Waals surface area (Å²) in [6.45, 7) is 0. The average Bonchev–Trinajstić information content (AvgIpc) is 2.30. The van der Waals surface area contributed by atoms with Crippen molar-refractivity contribution in [1.29, 1.82) is 0 Å². The Bertz CT molecular complexity index is 415. The molecule has 0 aliphatic heterocycles. The van der Waals surface area contributed by atoms with Crippen LogP contribution in [0.3, 0.4) is 0 Å².